The number of esters is 1. The number of rotatable bonds is 5. The molecule has 0 saturated carbocycles. The lowest BCUT2D eigenvalue weighted by molar-refractivity contribution is -0.336. The molecule has 15 nitrogen and oxygen atoms in total. The molecule has 1 fully saturated rings. The zero-order chi connectivity index (χ0) is 45.6. The Balaban J connectivity index is 1.51. The topological polar surface area (TPSA) is 194 Å². The number of hydrogen-bond donors (Lipinski definition) is 3. The molecule has 1 aliphatic carbocycles. The maximum atomic E-state index is 14.8. The highest BCUT2D eigenvalue weighted by Crippen LogP contribution is 2.49. The molecule has 9 unspecified atom stereocenters. The number of carbonyl (C=O) groups excluding carboxylic acids is 5. The number of fused-ring (bicyclic) bond motifs is 10. The lowest BCUT2D eigenvalue weighted by Gasteiger charge is -2.50. The second kappa shape index (κ2) is 17.5. The fraction of sp³-hybridized carbons (Fsp3) is 0.468. The number of ketones is 3. The average molecular weight is 857 g/mol. The summed E-state index contributed by atoms with van der Waals surface area (Å²) < 4.78 is 42.5. The van der Waals surface area contributed by atoms with Crippen molar-refractivity contribution in [2.45, 2.75) is 105 Å². The van der Waals surface area contributed by atoms with E-state index in [-0.39, 0.29) is 52.0 Å². The summed E-state index contributed by atoms with van der Waals surface area (Å²) in [5.41, 5.74) is -1.50. The SMILES string of the molecule is COc1cccc(NC2=C3NC(=O)C(C)=CC=CC(C)C4OC(C)(C)OC(C4C)C(C)C(OC(C)=O)C(C)C(OC)C=COC4(C)Oc5c(C)c(O)c(c(c5C4=O)C2=O)C3=O)c1. The van der Waals surface area contributed by atoms with Gasteiger partial charge in [0, 0.05) is 67.5 Å². The third kappa shape index (κ3) is 8.53. The van der Waals surface area contributed by atoms with Crippen LogP contribution < -0.4 is 20.1 Å². The van der Waals surface area contributed by atoms with Gasteiger partial charge in [0.25, 0.3) is 11.7 Å². The fourth-order valence-electron chi connectivity index (χ4n) is 8.74. The van der Waals surface area contributed by atoms with Crippen LogP contribution in [0.3, 0.4) is 0 Å². The number of benzene rings is 2. The Morgan fingerprint density at radius 3 is 2.24 bits per heavy atom. The summed E-state index contributed by atoms with van der Waals surface area (Å²) >= 11 is 0. The van der Waals surface area contributed by atoms with Crippen LogP contribution in [-0.4, -0.2) is 84.5 Å². The van der Waals surface area contributed by atoms with Gasteiger partial charge in [-0.25, -0.2) is 0 Å². The number of amides is 1. The van der Waals surface area contributed by atoms with Crippen molar-refractivity contribution in [2.24, 2.45) is 23.7 Å². The van der Waals surface area contributed by atoms with E-state index >= 15 is 0 Å². The van der Waals surface area contributed by atoms with Crippen LogP contribution in [0.1, 0.15) is 99.0 Å². The van der Waals surface area contributed by atoms with Crippen LogP contribution in [-0.2, 0) is 33.3 Å². The minimum absolute atomic E-state index is 0.00397. The van der Waals surface area contributed by atoms with E-state index in [2.05, 4.69) is 10.6 Å². The molecule has 4 heterocycles. The quantitative estimate of drug-likeness (QED) is 0.264. The number of carbonyl (C=O) groups is 5. The molecule has 15 heteroatoms. The Labute approximate surface area is 361 Å². The predicted molar refractivity (Wildman–Crippen MR) is 227 cm³/mol. The van der Waals surface area contributed by atoms with Gasteiger partial charge in [-0.2, -0.15) is 0 Å². The van der Waals surface area contributed by atoms with Crippen molar-refractivity contribution < 1.29 is 62.2 Å². The lowest BCUT2D eigenvalue weighted by Crippen LogP contribution is -2.56. The van der Waals surface area contributed by atoms with Gasteiger partial charge < -0.3 is 48.9 Å². The molecule has 332 valence electrons. The van der Waals surface area contributed by atoms with E-state index in [1.54, 1.807) is 49.4 Å². The number of ether oxygens (including phenoxy) is 7. The summed E-state index contributed by atoms with van der Waals surface area (Å²) in [5, 5.41) is 17.2. The third-order valence-electron chi connectivity index (χ3n) is 12.1. The molecule has 4 aliphatic heterocycles. The van der Waals surface area contributed by atoms with Crippen LogP contribution >= 0.6 is 0 Å². The van der Waals surface area contributed by atoms with Gasteiger partial charge >= 0.3 is 11.8 Å². The molecule has 9 atom stereocenters. The van der Waals surface area contributed by atoms with E-state index in [9.17, 15) is 29.1 Å². The highest BCUT2D eigenvalue weighted by Gasteiger charge is 2.53. The van der Waals surface area contributed by atoms with E-state index in [0.29, 0.717) is 11.4 Å². The number of methoxy groups -OCH3 is 2. The van der Waals surface area contributed by atoms with Crippen molar-refractivity contribution in [1.29, 1.82) is 0 Å². The van der Waals surface area contributed by atoms with Gasteiger partial charge in [-0.3, -0.25) is 24.0 Å². The first-order valence-electron chi connectivity index (χ1n) is 20.6. The maximum absolute atomic E-state index is 14.8. The van der Waals surface area contributed by atoms with Crippen LogP contribution in [0.5, 0.6) is 17.2 Å². The molecule has 62 heavy (non-hydrogen) atoms. The van der Waals surface area contributed by atoms with E-state index in [4.69, 9.17) is 33.2 Å². The smallest absolute Gasteiger partial charge is 0.312 e. The van der Waals surface area contributed by atoms with E-state index in [0.717, 1.165) is 0 Å². The molecular weight excluding hydrogens is 801 g/mol. The molecule has 2 aromatic rings. The van der Waals surface area contributed by atoms with Gasteiger partial charge in [0.1, 0.15) is 34.7 Å². The summed E-state index contributed by atoms with van der Waals surface area (Å²) in [6.07, 6.45) is 5.69. The number of allylic oxidation sites excluding steroid dienone is 4. The first-order valence-corrected chi connectivity index (χ1v) is 20.6. The molecular formula is C47H56N2O13. The van der Waals surface area contributed by atoms with Gasteiger partial charge in [0.15, 0.2) is 5.79 Å². The number of nitrogens with one attached hydrogen (secondary N) is 2. The average Bonchev–Trinajstić information content (AvgIpc) is 3.49. The Morgan fingerprint density at radius 1 is 0.887 bits per heavy atom. The van der Waals surface area contributed by atoms with Gasteiger partial charge in [-0.15, -0.1) is 0 Å². The molecule has 7 rings (SSSR count). The monoisotopic (exact) mass is 856 g/mol. The molecule has 7 bridgehead atoms. The van der Waals surface area contributed by atoms with Gasteiger partial charge in [-0.1, -0.05) is 52.0 Å². The van der Waals surface area contributed by atoms with E-state index in [1.165, 1.54) is 41.3 Å². The summed E-state index contributed by atoms with van der Waals surface area (Å²) in [6, 6.07) is 6.54. The highest BCUT2D eigenvalue weighted by atomic mass is 16.7. The normalized spacial score (nSPS) is 30.0. The third-order valence-corrected chi connectivity index (χ3v) is 12.1. The Hall–Kier alpha value is -5.77. The second-order valence-corrected chi connectivity index (χ2v) is 17.0. The summed E-state index contributed by atoms with van der Waals surface area (Å²) in [5.74, 6) is -8.53. The first kappa shape index (κ1) is 45.7. The zero-order valence-electron chi connectivity index (χ0n) is 37.2. The van der Waals surface area contributed by atoms with Crippen molar-refractivity contribution >= 4 is 34.9 Å². The standard InChI is InChI=1S/C47H56N2O13/c1-22-15-13-16-23(2)45(55)49-36-35(48-29-17-14-18-30(21-29)56-11)38(52)32-33(39(36)53)37(51)25(4)43-34(32)44(54)47(10,62-43)58-20-19-31(57-12)24(3)41(59-28(7)50)27(6)42-26(5)40(22)60-46(8,9)61-42/h13-22,24,26-27,31,40-42,48,51H,1-12H3,(H,49,55). The Kier molecular flexibility index (Phi) is 12.9. The minimum Gasteiger partial charge on any atom is -0.507 e. The van der Waals surface area contributed by atoms with Gasteiger partial charge in [0.05, 0.1) is 48.4 Å². The molecule has 3 N–H and O–H groups in total. The molecule has 5 aliphatic rings. The lowest BCUT2D eigenvalue weighted by atomic mass is 9.77. The van der Waals surface area contributed by atoms with Crippen LogP contribution in [0.2, 0.25) is 0 Å². The van der Waals surface area contributed by atoms with Crippen LogP contribution in [0, 0.1) is 30.6 Å². The number of aromatic hydroxyl groups is 1. The van der Waals surface area contributed by atoms with Gasteiger partial charge in [-0.05, 0) is 45.9 Å². The van der Waals surface area contributed by atoms with Crippen molar-refractivity contribution in [3.05, 3.63) is 94.1 Å². The van der Waals surface area contributed by atoms with Crippen molar-refractivity contribution in [1.82, 2.24) is 5.32 Å². The van der Waals surface area contributed by atoms with Crippen LogP contribution in [0.4, 0.5) is 5.69 Å². The molecule has 0 radical (unpaired) electrons. The number of hydrogen-bond acceptors (Lipinski definition) is 14. The number of anilines is 1. The van der Waals surface area contributed by atoms with Crippen molar-refractivity contribution in [3.8, 4) is 17.2 Å². The summed E-state index contributed by atoms with van der Waals surface area (Å²) in [6.45, 7) is 17.1. The summed E-state index contributed by atoms with van der Waals surface area (Å²) in [4.78, 5) is 70.4. The molecule has 0 spiro atoms. The molecule has 1 amide bonds. The Bertz CT molecular complexity index is 2310. The maximum Gasteiger partial charge on any atom is 0.312 e. The number of Topliss-reactive ketones (excluding diaryl/α,β-unsaturated/α-hetero) is 3. The van der Waals surface area contributed by atoms with E-state index in [1.807, 2.05) is 47.6 Å². The highest BCUT2D eigenvalue weighted by molar-refractivity contribution is 6.33. The van der Waals surface area contributed by atoms with Crippen molar-refractivity contribution in [3.63, 3.8) is 0 Å². The number of phenols is 1. The molecule has 1 saturated heterocycles. The molecule has 2 aromatic carbocycles. The second-order valence-electron chi connectivity index (χ2n) is 17.0. The van der Waals surface area contributed by atoms with Gasteiger partial charge in [0.2, 0.25) is 11.6 Å². The zero-order valence-corrected chi connectivity index (χ0v) is 37.2. The fourth-order valence-corrected chi connectivity index (χ4v) is 8.74. The van der Waals surface area contributed by atoms with E-state index < -0.39 is 87.6 Å². The molecule has 0 aromatic heterocycles. The predicted octanol–water partition coefficient (Wildman–Crippen LogP) is 6.88. The first-order chi connectivity index (χ1) is 29.1. The Morgan fingerprint density at radius 2 is 1.58 bits per heavy atom. The minimum atomic E-state index is -2.08. The van der Waals surface area contributed by atoms with Crippen molar-refractivity contribution in [2.75, 3.05) is 19.5 Å². The summed E-state index contributed by atoms with van der Waals surface area (Å²) in [7, 11) is 2.96. The number of phenolic OH excluding ortho intramolecular Hbond substituents is 1. The largest absolute Gasteiger partial charge is 0.507 e. The van der Waals surface area contributed by atoms with Crippen LogP contribution in [0.15, 0.2) is 71.8 Å². The van der Waals surface area contributed by atoms with Crippen LogP contribution in [0.25, 0.3) is 0 Å².